The minimum atomic E-state index is 0.526. The first kappa shape index (κ1) is 14.7. The summed E-state index contributed by atoms with van der Waals surface area (Å²) in [6.45, 7) is 1.05. The van der Waals surface area contributed by atoms with Crippen LogP contribution in [-0.2, 0) is 12.8 Å². The smallest absolute Gasteiger partial charge is 0.123 e. The predicted molar refractivity (Wildman–Crippen MR) is 95.2 cm³/mol. The molecule has 0 atom stereocenters. The summed E-state index contributed by atoms with van der Waals surface area (Å²) in [6, 6.07) is 16.3. The van der Waals surface area contributed by atoms with Gasteiger partial charge in [-0.15, -0.1) is 0 Å². The van der Waals surface area contributed by atoms with Crippen LogP contribution >= 0.6 is 0 Å². The van der Waals surface area contributed by atoms with Crippen LogP contribution in [0.25, 0.3) is 0 Å². The highest BCUT2D eigenvalue weighted by Crippen LogP contribution is 2.24. The first-order chi connectivity index (χ1) is 11.9. The second kappa shape index (κ2) is 6.68. The molecule has 0 N–H and O–H groups in total. The molecule has 0 fully saturated rings. The van der Waals surface area contributed by atoms with Crippen molar-refractivity contribution < 1.29 is 9.47 Å². The molecule has 0 bridgehead atoms. The van der Waals surface area contributed by atoms with Gasteiger partial charge < -0.3 is 9.47 Å². The number of benzene rings is 2. The largest absolute Gasteiger partial charge is 0.488 e. The standard InChI is InChI=1S/C22H18O2/c1-3-7-21-19(5-1)13-11-17(15-23-21)9-10-18-12-14-20-6-2-4-8-22(20)24-16-18/h1-8,11-12H,13-16H2. The molecule has 2 heteroatoms. The van der Waals surface area contributed by atoms with E-state index in [1.54, 1.807) is 0 Å². The van der Waals surface area contributed by atoms with Crippen molar-refractivity contribution in [2.24, 2.45) is 0 Å². The molecular formula is C22H18O2. The zero-order chi connectivity index (χ0) is 16.2. The first-order valence-electron chi connectivity index (χ1n) is 8.20. The molecule has 2 aliphatic heterocycles. The molecule has 2 aliphatic rings. The zero-order valence-electron chi connectivity index (χ0n) is 13.4. The zero-order valence-corrected chi connectivity index (χ0v) is 13.4. The van der Waals surface area contributed by atoms with E-state index in [1.807, 2.05) is 36.4 Å². The Labute approximate surface area is 142 Å². The van der Waals surface area contributed by atoms with Crippen LogP contribution in [0.2, 0.25) is 0 Å². The quantitative estimate of drug-likeness (QED) is 0.681. The summed E-state index contributed by atoms with van der Waals surface area (Å²) in [4.78, 5) is 0. The number of allylic oxidation sites excluding steroid dienone is 2. The SMILES string of the molecule is C(#CC1=CCc2ccccc2OC1)C1=CCc2ccccc2OC1. The molecule has 2 nitrogen and oxygen atoms in total. The molecule has 2 aromatic carbocycles. The van der Waals surface area contributed by atoms with E-state index < -0.39 is 0 Å². The number of ether oxygens (including phenoxy) is 2. The minimum Gasteiger partial charge on any atom is -0.488 e. The van der Waals surface area contributed by atoms with Crippen molar-refractivity contribution in [1.29, 1.82) is 0 Å². The molecule has 0 aromatic heterocycles. The first-order valence-corrected chi connectivity index (χ1v) is 8.20. The van der Waals surface area contributed by atoms with Gasteiger partial charge in [-0.3, -0.25) is 0 Å². The van der Waals surface area contributed by atoms with Crippen molar-refractivity contribution in [3.05, 3.63) is 83.0 Å². The molecule has 0 saturated heterocycles. The number of hydrogen-bond donors (Lipinski definition) is 0. The summed E-state index contributed by atoms with van der Waals surface area (Å²) in [5.41, 5.74) is 4.46. The topological polar surface area (TPSA) is 18.5 Å². The normalized spacial score (nSPS) is 15.7. The van der Waals surface area contributed by atoms with E-state index in [-0.39, 0.29) is 0 Å². The third-order valence-corrected chi connectivity index (χ3v) is 4.23. The summed E-state index contributed by atoms with van der Waals surface area (Å²) in [6.07, 6.45) is 6.04. The fourth-order valence-corrected chi connectivity index (χ4v) is 2.86. The van der Waals surface area contributed by atoms with Crippen molar-refractivity contribution in [1.82, 2.24) is 0 Å². The Morgan fingerprint density at radius 2 is 1.08 bits per heavy atom. The fourth-order valence-electron chi connectivity index (χ4n) is 2.86. The van der Waals surface area contributed by atoms with Gasteiger partial charge in [0.1, 0.15) is 24.7 Å². The van der Waals surface area contributed by atoms with Gasteiger partial charge in [0.25, 0.3) is 0 Å². The van der Waals surface area contributed by atoms with Gasteiger partial charge in [-0.25, -0.2) is 0 Å². The van der Waals surface area contributed by atoms with Gasteiger partial charge in [0, 0.05) is 11.1 Å². The maximum Gasteiger partial charge on any atom is 0.123 e. The maximum absolute atomic E-state index is 5.85. The molecule has 0 saturated carbocycles. The second-order valence-electron chi connectivity index (χ2n) is 5.91. The second-order valence-corrected chi connectivity index (χ2v) is 5.91. The van der Waals surface area contributed by atoms with Crippen molar-refractivity contribution >= 4 is 0 Å². The highest BCUT2D eigenvalue weighted by atomic mass is 16.5. The van der Waals surface area contributed by atoms with E-state index in [0.29, 0.717) is 13.2 Å². The lowest BCUT2D eigenvalue weighted by molar-refractivity contribution is 0.355. The van der Waals surface area contributed by atoms with Gasteiger partial charge in [-0.05, 0) is 36.1 Å². The van der Waals surface area contributed by atoms with Crippen molar-refractivity contribution in [3.63, 3.8) is 0 Å². The highest BCUT2D eigenvalue weighted by molar-refractivity contribution is 5.45. The Hall–Kier alpha value is -2.92. The van der Waals surface area contributed by atoms with Crippen LogP contribution < -0.4 is 9.47 Å². The molecule has 0 spiro atoms. The fraction of sp³-hybridized carbons (Fsp3) is 0.182. The Balaban J connectivity index is 1.48. The summed E-state index contributed by atoms with van der Waals surface area (Å²) >= 11 is 0. The third-order valence-electron chi connectivity index (χ3n) is 4.23. The third kappa shape index (κ3) is 3.21. The van der Waals surface area contributed by atoms with Crippen LogP contribution in [0, 0.1) is 11.8 Å². The average Bonchev–Trinajstić information content (AvgIpc) is 2.96. The molecule has 0 amide bonds. The number of rotatable bonds is 0. The lowest BCUT2D eigenvalue weighted by atomic mass is 10.1. The van der Waals surface area contributed by atoms with Crippen molar-refractivity contribution in [3.8, 4) is 23.3 Å². The lowest BCUT2D eigenvalue weighted by Crippen LogP contribution is -2.00. The molecule has 4 rings (SSSR count). The molecule has 0 aliphatic carbocycles. The van der Waals surface area contributed by atoms with Crippen molar-refractivity contribution in [2.45, 2.75) is 12.8 Å². The number of fused-ring (bicyclic) bond motifs is 2. The van der Waals surface area contributed by atoms with Crippen LogP contribution in [-0.4, -0.2) is 13.2 Å². The summed E-state index contributed by atoms with van der Waals surface area (Å²) in [7, 11) is 0. The monoisotopic (exact) mass is 314 g/mol. The molecular weight excluding hydrogens is 296 g/mol. The molecule has 2 aromatic rings. The van der Waals surface area contributed by atoms with Gasteiger partial charge in [0.2, 0.25) is 0 Å². The molecule has 0 unspecified atom stereocenters. The van der Waals surface area contributed by atoms with Gasteiger partial charge in [-0.2, -0.15) is 0 Å². The van der Waals surface area contributed by atoms with Crippen LogP contribution in [0.4, 0.5) is 0 Å². The summed E-state index contributed by atoms with van der Waals surface area (Å²) in [5, 5.41) is 0. The van der Waals surface area contributed by atoms with Gasteiger partial charge in [-0.1, -0.05) is 60.4 Å². The Morgan fingerprint density at radius 1 is 0.625 bits per heavy atom. The van der Waals surface area contributed by atoms with E-state index in [4.69, 9.17) is 9.47 Å². The molecule has 0 radical (unpaired) electrons. The average molecular weight is 314 g/mol. The highest BCUT2D eigenvalue weighted by Gasteiger charge is 2.09. The van der Waals surface area contributed by atoms with Crippen LogP contribution in [0.15, 0.2) is 71.8 Å². The van der Waals surface area contributed by atoms with Gasteiger partial charge >= 0.3 is 0 Å². The van der Waals surface area contributed by atoms with E-state index in [9.17, 15) is 0 Å². The van der Waals surface area contributed by atoms with Crippen molar-refractivity contribution in [2.75, 3.05) is 13.2 Å². The molecule has 118 valence electrons. The molecule has 2 heterocycles. The number of hydrogen-bond acceptors (Lipinski definition) is 2. The van der Waals surface area contributed by atoms with E-state index in [0.717, 1.165) is 35.5 Å². The van der Waals surface area contributed by atoms with E-state index in [2.05, 4.69) is 36.1 Å². The predicted octanol–water partition coefficient (Wildman–Crippen LogP) is 4.11. The van der Waals surface area contributed by atoms with Crippen LogP contribution in [0.1, 0.15) is 11.1 Å². The van der Waals surface area contributed by atoms with Gasteiger partial charge in [0.05, 0.1) is 0 Å². The lowest BCUT2D eigenvalue weighted by Gasteiger charge is -2.06. The van der Waals surface area contributed by atoms with Crippen LogP contribution in [0.5, 0.6) is 11.5 Å². The van der Waals surface area contributed by atoms with Crippen LogP contribution in [0.3, 0.4) is 0 Å². The summed E-state index contributed by atoms with van der Waals surface area (Å²) in [5.74, 6) is 8.43. The van der Waals surface area contributed by atoms with Gasteiger partial charge in [0.15, 0.2) is 0 Å². The Kier molecular flexibility index (Phi) is 4.08. The number of para-hydroxylation sites is 2. The minimum absolute atomic E-state index is 0.526. The maximum atomic E-state index is 5.85. The summed E-state index contributed by atoms with van der Waals surface area (Å²) < 4.78 is 11.7. The Bertz CT molecular complexity index is 807. The van der Waals surface area contributed by atoms with E-state index in [1.165, 1.54) is 11.1 Å². The molecule has 24 heavy (non-hydrogen) atoms. The Morgan fingerprint density at radius 3 is 1.58 bits per heavy atom. The van der Waals surface area contributed by atoms with E-state index >= 15 is 0 Å².